The minimum atomic E-state index is -1.09. The first kappa shape index (κ1) is 12.2. The molecule has 0 bridgehead atoms. The van der Waals surface area contributed by atoms with Crippen LogP contribution < -0.4 is 0 Å². The van der Waals surface area contributed by atoms with Gasteiger partial charge < -0.3 is 10.2 Å². The first-order valence-corrected chi connectivity index (χ1v) is 5.00. The Hall–Kier alpha value is -1.84. The molecule has 1 aromatic rings. The first-order chi connectivity index (χ1) is 7.45. The predicted octanol–water partition coefficient (Wildman–Crippen LogP) is 2.21. The van der Waals surface area contributed by atoms with Gasteiger partial charge in [0.25, 0.3) is 0 Å². The number of rotatable bonds is 4. The highest BCUT2D eigenvalue weighted by atomic mass is 16.4. The number of carboxylic acid groups (broad SMARTS) is 2. The van der Waals surface area contributed by atoms with Gasteiger partial charge >= 0.3 is 11.9 Å². The Morgan fingerprint density at radius 3 is 2.12 bits per heavy atom. The summed E-state index contributed by atoms with van der Waals surface area (Å²) in [5.41, 5.74) is 0.418. The Balaban J connectivity index is 3.29. The predicted molar refractivity (Wildman–Crippen MR) is 58.6 cm³/mol. The molecule has 86 valence electrons. The largest absolute Gasteiger partial charge is 0.481 e. The summed E-state index contributed by atoms with van der Waals surface area (Å²) in [7, 11) is 0. The van der Waals surface area contributed by atoms with E-state index in [2.05, 4.69) is 0 Å². The maximum Gasteiger partial charge on any atom is 0.335 e. The number of hydrogen-bond donors (Lipinski definition) is 2. The molecule has 0 unspecified atom stereocenters. The molecule has 0 radical (unpaired) electrons. The van der Waals surface area contributed by atoms with Crippen LogP contribution in [-0.4, -0.2) is 22.2 Å². The minimum absolute atomic E-state index is 0.0589. The van der Waals surface area contributed by atoms with Gasteiger partial charge in [-0.15, -0.1) is 0 Å². The van der Waals surface area contributed by atoms with Crippen molar-refractivity contribution in [3.05, 3.63) is 35.4 Å². The van der Waals surface area contributed by atoms with Crippen molar-refractivity contribution < 1.29 is 19.8 Å². The van der Waals surface area contributed by atoms with Crippen molar-refractivity contribution in [2.24, 2.45) is 5.92 Å². The summed E-state index contributed by atoms with van der Waals surface area (Å²) >= 11 is 0. The van der Waals surface area contributed by atoms with Crippen molar-refractivity contribution in [1.82, 2.24) is 0 Å². The zero-order valence-electron chi connectivity index (χ0n) is 9.18. The lowest BCUT2D eigenvalue weighted by molar-refractivity contribution is -0.139. The second-order valence-corrected chi connectivity index (χ2v) is 3.95. The van der Waals surface area contributed by atoms with E-state index in [1.54, 1.807) is 32.0 Å². The van der Waals surface area contributed by atoms with E-state index in [-0.39, 0.29) is 11.5 Å². The minimum Gasteiger partial charge on any atom is -0.481 e. The van der Waals surface area contributed by atoms with E-state index >= 15 is 0 Å². The van der Waals surface area contributed by atoms with Crippen LogP contribution in [0.2, 0.25) is 0 Å². The van der Waals surface area contributed by atoms with Gasteiger partial charge in [0.1, 0.15) is 0 Å². The van der Waals surface area contributed by atoms with Gasteiger partial charge in [0.2, 0.25) is 0 Å². The first-order valence-electron chi connectivity index (χ1n) is 5.00. The molecular formula is C12H14O4. The summed E-state index contributed by atoms with van der Waals surface area (Å²) in [6.07, 6.45) is 0. The number of carboxylic acids is 2. The van der Waals surface area contributed by atoms with Gasteiger partial charge in [-0.3, -0.25) is 4.79 Å². The van der Waals surface area contributed by atoms with Crippen molar-refractivity contribution in [2.75, 3.05) is 0 Å². The average molecular weight is 222 g/mol. The SMILES string of the molecule is CC(C)[C@@H](C(=O)O)c1ccccc1C(=O)O. The third kappa shape index (κ3) is 2.39. The molecule has 0 saturated heterocycles. The fourth-order valence-corrected chi connectivity index (χ4v) is 1.74. The maximum absolute atomic E-state index is 11.1. The van der Waals surface area contributed by atoms with Crippen molar-refractivity contribution >= 4 is 11.9 Å². The van der Waals surface area contributed by atoms with E-state index in [1.807, 2.05) is 0 Å². The molecule has 0 aliphatic heterocycles. The quantitative estimate of drug-likeness (QED) is 0.819. The Morgan fingerprint density at radius 2 is 1.69 bits per heavy atom. The molecule has 1 rings (SSSR count). The summed E-state index contributed by atoms with van der Waals surface area (Å²) in [6.45, 7) is 3.52. The Bertz CT molecular complexity index is 409. The Morgan fingerprint density at radius 1 is 1.12 bits per heavy atom. The summed E-state index contributed by atoms with van der Waals surface area (Å²) in [6, 6.07) is 6.23. The maximum atomic E-state index is 11.1. The zero-order valence-corrected chi connectivity index (χ0v) is 9.18. The molecule has 0 saturated carbocycles. The van der Waals surface area contributed by atoms with Crippen LogP contribution in [-0.2, 0) is 4.79 Å². The number of hydrogen-bond acceptors (Lipinski definition) is 2. The summed E-state index contributed by atoms with van der Waals surface area (Å²) in [5.74, 6) is -3.03. The molecule has 16 heavy (non-hydrogen) atoms. The smallest absolute Gasteiger partial charge is 0.335 e. The lowest BCUT2D eigenvalue weighted by atomic mass is 9.86. The number of aliphatic carboxylic acids is 1. The van der Waals surface area contributed by atoms with E-state index in [4.69, 9.17) is 10.2 Å². The van der Waals surface area contributed by atoms with Gasteiger partial charge in [0.05, 0.1) is 11.5 Å². The second kappa shape index (κ2) is 4.79. The third-order valence-electron chi connectivity index (χ3n) is 2.46. The van der Waals surface area contributed by atoms with Gasteiger partial charge in [0, 0.05) is 0 Å². The monoisotopic (exact) mass is 222 g/mol. The molecule has 4 nitrogen and oxygen atoms in total. The summed E-state index contributed by atoms with van der Waals surface area (Å²) in [5, 5.41) is 18.1. The molecule has 1 atom stereocenters. The van der Waals surface area contributed by atoms with Crippen molar-refractivity contribution in [3.8, 4) is 0 Å². The summed E-state index contributed by atoms with van der Waals surface area (Å²) < 4.78 is 0. The fourth-order valence-electron chi connectivity index (χ4n) is 1.74. The highest BCUT2D eigenvalue weighted by Crippen LogP contribution is 2.27. The zero-order chi connectivity index (χ0) is 12.3. The van der Waals surface area contributed by atoms with Crippen LogP contribution >= 0.6 is 0 Å². The molecule has 0 fully saturated rings. The average Bonchev–Trinajstić information content (AvgIpc) is 2.17. The summed E-state index contributed by atoms with van der Waals surface area (Å²) in [4.78, 5) is 22.1. The van der Waals surface area contributed by atoms with E-state index < -0.39 is 17.9 Å². The molecule has 0 amide bonds. The van der Waals surface area contributed by atoms with Crippen molar-refractivity contribution in [2.45, 2.75) is 19.8 Å². The van der Waals surface area contributed by atoms with Crippen molar-refractivity contribution in [3.63, 3.8) is 0 Å². The topological polar surface area (TPSA) is 74.6 Å². The molecule has 0 aliphatic rings. The lowest BCUT2D eigenvalue weighted by Crippen LogP contribution is -2.20. The normalized spacial score (nSPS) is 12.4. The number of aromatic carboxylic acids is 1. The van der Waals surface area contributed by atoms with Crippen LogP contribution in [0.1, 0.15) is 35.7 Å². The molecule has 2 N–H and O–H groups in total. The second-order valence-electron chi connectivity index (χ2n) is 3.95. The molecule has 4 heteroatoms. The number of benzene rings is 1. The molecular weight excluding hydrogens is 208 g/mol. The Labute approximate surface area is 93.5 Å². The highest BCUT2D eigenvalue weighted by Gasteiger charge is 2.27. The van der Waals surface area contributed by atoms with Crippen LogP contribution in [0.4, 0.5) is 0 Å². The van der Waals surface area contributed by atoms with E-state index in [0.717, 1.165) is 0 Å². The van der Waals surface area contributed by atoms with Crippen molar-refractivity contribution in [1.29, 1.82) is 0 Å². The standard InChI is InChI=1S/C12H14O4/c1-7(2)10(12(15)16)8-5-3-4-6-9(8)11(13)14/h3-7,10H,1-2H3,(H,13,14)(H,15,16)/t10-/m1/s1. The van der Waals surface area contributed by atoms with Crippen LogP contribution in [0.5, 0.6) is 0 Å². The third-order valence-corrected chi connectivity index (χ3v) is 2.46. The van der Waals surface area contributed by atoms with E-state index in [1.165, 1.54) is 6.07 Å². The van der Waals surface area contributed by atoms with E-state index in [0.29, 0.717) is 5.56 Å². The van der Waals surface area contributed by atoms with Gasteiger partial charge in [-0.25, -0.2) is 4.79 Å². The number of carbonyl (C=O) groups is 2. The van der Waals surface area contributed by atoms with Crippen LogP contribution in [0.3, 0.4) is 0 Å². The van der Waals surface area contributed by atoms with Gasteiger partial charge in [-0.2, -0.15) is 0 Å². The van der Waals surface area contributed by atoms with Crippen LogP contribution in [0.25, 0.3) is 0 Å². The Kier molecular flexibility index (Phi) is 3.66. The van der Waals surface area contributed by atoms with E-state index in [9.17, 15) is 9.59 Å². The molecule has 1 aromatic carbocycles. The van der Waals surface area contributed by atoms with Crippen LogP contribution in [0, 0.1) is 5.92 Å². The highest BCUT2D eigenvalue weighted by molar-refractivity contribution is 5.92. The van der Waals surface area contributed by atoms with Crippen LogP contribution in [0.15, 0.2) is 24.3 Å². The van der Waals surface area contributed by atoms with Gasteiger partial charge in [-0.1, -0.05) is 32.0 Å². The lowest BCUT2D eigenvalue weighted by Gasteiger charge is -2.18. The van der Waals surface area contributed by atoms with Gasteiger partial charge in [-0.05, 0) is 17.5 Å². The van der Waals surface area contributed by atoms with Gasteiger partial charge in [0.15, 0.2) is 0 Å². The molecule has 0 aromatic heterocycles. The fraction of sp³-hybridized carbons (Fsp3) is 0.333. The molecule has 0 spiro atoms. The molecule has 0 aliphatic carbocycles. The molecule has 0 heterocycles.